The summed E-state index contributed by atoms with van der Waals surface area (Å²) < 4.78 is 10.5. The van der Waals surface area contributed by atoms with E-state index in [1.54, 1.807) is 14.2 Å². The maximum absolute atomic E-state index is 12.6. The lowest BCUT2D eigenvalue weighted by atomic mass is 9.93. The van der Waals surface area contributed by atoms with Gasteiger partial charge in [0, 0.05) is 12.0 Å². The first kappa shape index (κ1) is 20.1. The lowest BCUT2D eigenvalue weighted by Gasteiger charge is -2.24. The predicted octanol–water partition coefficient (Wildman–Crippen LogP) is 3.03. The van der Waals surface area contributed by atoms with Crippen molar-refractivity contribution in [2.24, 2.45) is 11.8 Å². The second kappa shape index (κ2) is 9.46. The minimum Gasteiger partial charge on any atom is -0.493 e. The van der Waals surface area contributed by atoms with Crippen LogP contribution in [0.2, 0.25) is 0 Å². The zero-order chi connectivity index (χ0) is 19.1. The predicted molar refractivity (Wildman–Crippen MR) is 98.6 cm³/mol. The molecule has 0 aliphatic heterocycles. The molecule has 1 saturated carbocycles. The molecule has 3 atom stereocenters. The van der Waals surface area contributed by atoms with Gasteiger partial charge < -0.3 is 19.9 Å². The van der Waals surface area contributed by atoms with Crippen LogP contribution in [0.1, 0.15) is 44.6 Å². The van der Waals surface area contributed by atoms with Crippen molar-refractivity contribution in [1.29, 1.82) is 0 Å². The summed E-state index contributed by atoms with van der Waals surface area (Å²) in [7, 11) is 3.16. The van der Waals surface area contributed by atoms with Crippen LogP contribution in [-0.2, 0) is 16.0 Å². The highest BCUT2D eigenvalue weighted by Crippen LogP contribution is 2.29. The number of rotatable bonds is 7. The molecule has 2 rings (SSSR count). The highest BCUT2D eigenvalue weighted by Gasteiger charge is 2.31. The Balaban J connectivity index is 2.01. The zero-order valence-electron chi connectivity index (χ0n) is 15.8. The molecule has 2 N–H and O–H groups in total. The van der Waals surface area contributed by atoms with Gasteiger partial charge in [-0.05, 0) is 37.0 Å². The van der Waals surface area contributed by atoms with Crippen LogP contribution in [0.4, 0.5) is 0 Å². The normalized spacial score (nSPS) is 21.3. The molecule has 1 amide bonds. The van der Waals surface area contributed by atoms with Gasteiger partial charge in [-0.15, -0.1) is 0 Å². The van der Waals surface area contributed by atoms with Gasteiger partial charge in [0.2, 0.25) is 5.91 Å². The number of carboxylic acids is 1. The molecule has 1 aromatic carbocycles. The van der Waals surface area contributed by atoms with Crippen LogP contribution < -0.4 is 14.8 Å². The summed E-state index contributed by atoms with van der Waals surface area (Å²) in [6, 6.07) is 5.32. The number of benzene rings is 1. The molecule has 1 aliphatic rings. The lowest BCUT2D eigenvalue weighted by molar-refractivity contribution is -0.143. The number of hydrogen-bond donors (Lipinski definition) is 2. The average molecular weight is 363 g/mol. The van der Waals surface area contributed by atoms with Crippen molar-refractivity contribution in [1.82, 2.24) is 5.32 Å². The fraction of sp³-hybridized carbons (Fsp3) is 0.600. The molecule has 0 aromatic heterocycles. The Morgan fingerprint density at radius 3 is 2.50 bits per heavy atom. The van der Waals surface area contributed by atoms with Gasteiger partial charge in [0.05, 0.1) is 20.1 Å². The highest BCUT2D eigenvalue weighted by atomic mass is 16.5. The van der Waals surface area contributed by atoms with Gasteiger partial charge in [-0.25, -0.2) is 0 Å². The van der Waals surface area contributed by atoms with E-state index >= 15 is 0 Å². The van der Waals surface area contributed by atoms with Crippen molar-refractivity contribution in [3.63, 3.8) is 0 Å². The molecule has 1 aromatic rings. The zero-order valence-corrected chi connectivity index (χ0v) is 15.8. The van der Waals surface area contributed by atoms with Crippen LogP contribution in [0, 0.1) is 11.8 Å². The molecule has 1 unspecified atom stereocenters. The summed E-state index contributed by atoms with van der Waals surface area (Å²) in [5.74, 6) is -0.383. The first-order valence-electron chi connectivity index (χ1n) is 9.20. The van der Waals surface area contributed by atoms with Gasteiger partial charge in [-0.1, -0.05) is 32.3 Å². The van der Waals surface area contributed by atoms with E-state index in [1.807, 2.05) is 25.1 Å². The van der Waals surface area contributed by atoms with E-state index in [2.05, 4.69) is 5.32 Å². The van der Waals surface area contributed by atoms with Crippen molar-refractivity contribution in [2.75, 3.05) is 14.2 Å². The summed E-state index contributed by atoms with van der Waals surface area (Å²) in [5, 5.41) is 12.4. The fourth-order valence-electron chi connectivity index (χ4n) is 3.55. The topological polar surface area (TPSA) is 84.9 Å². The Morgan fingerprint density at radius 1 is 1.15 bits per heavy atom. The number of carbonyl (C=O) groups is 2. The maximum Gasteiger partial charge on any atom is 0.308 e. The van der Waals surface area contributed by atoms with E-state index in [0.29, 0.717) is 24.3 Å². The average Bonchev–Trinajstić information content (AvgIpc) is 2.87. The van der Waals surface area contributed by atoms with Crippen LogP contribution in [0.25, 0.3) is 0 Å². The Hall–Kier alpha value is -2.24. The Bertz CT molecular complexity index is 631. The molecule has 144 valence electrons. The largest absolute Gasteiger partial charge is 0.493 e. The number of methoxy groups -OCH3 is 2. The molecule has 0 bridgehead atoms. The van der Waals surface area contributed by atoms with Gasteiger partial charge >= 0.3 is 5.97 Å². The van der Waals surface area contributed by atoms with Crippen molar-refractivity contribution >= 4 is 11.9 Å². The molecular weight excluding hydrogens is 334 g/mol. The summed E-state index contributed by atoms with van der Waals surface area (Å²) in [4.78, 5) is 24.1. The van der Waals surface area contributed by atoms with Crippen LogP contribution in [-0.4, -0.2) is 37.2 Å². The third-order valence-electron chi connectivity index (χ3n) is 5.10. The Morgan fingerprint density at radius 2 is 1.85 bits per heavy atom. The maximum atomic E-state index is 12.6. The molecule has 0 radical (unpaired) electrons. The van der Waals surface area contributed by atoms with E-state index < -0.39 is 11.9 Å². The second-order valence-corrected chi connectivity index (χ2v) is 6.99. The van der Waals surface area contributed by atoms with E-state index in [1.165, 1.54) is 0 Å². The molecule has 0 saturated heterocycles. The standard InChI is InChI=1S/C20H29NO5/c1-13(11-14-9-10-17(25-2)18(12-14)26-3)19(22)21-16-8-6-4-5-7-15(16)20(23)24/h9-10,12-13,15-16H,4-8,11H2,1-3H3,(H,21,22)(H,23,24)/t13?,15-,16+/m1/s1. The quantitative estimate of drug-likeness (QED) is 0.728. The Kier molecular flexibility index (Phi) is 7.30. The fourth-order valence-corrected chi connectivity index (χ4v) is 3.55. The molecule has 1 aliphatic carbocycles. The van der Waals surface area contributed by atoms with Crippen molar-refractivity contribution in [3.8, 4) is 11.5 Å². The van der Waals surface area contributed by atoms with Crippen LogP contribution in [0.5, 0.6) is 11.5 Å². The monoisotopic (exact) mass is 363 g/mol. The van der Waals surface area contributed by atoms with Gasteiger partial charge in [0.25, 0.3) is 0 Å². The van der Waals surface area contributed by atoms with Crippen LogP contribution >= 0.6 is 0 Å². The highest BCUT2D eigenvalue weighted by molar-refractivity contribution is 5.80. The second-order valence-electron chi connectivity index (χ2n) is 6.99. The summed E-state index contributed by atoms with van der Waals surface area (Å²) in [5.41, 5.74) is 0.973. The van der Waals surface area contributed by atoms with Crippen LogP contribution in [0.3, 0.4) is 0 Å². The van der Waals surface area contributed by atoms with Gasteiger partial charge in [-0.3, -0.25) is 9.59 Å². The molecule has 6 nitrogen and oxygen atoms in total. The molecule has 0 heterocycles. The van der Waals surface area contributed by atoms with Crippen molar-refractivity contribution in [3.05, 3.63) is 23.8 Å². The first-order valence-corrected chi connectivity index (χ1v) is 9.20. The van der Waals surface area contributed by atoms with Gasteiger partial charge in [0.1, 0.15) is 0 Å². The molecule has 1 fully saturated rings. The number of hydrogen-bond acceptors (Lipinski definition) is 4. The van der Waals surface area contributed by atoms with E-state index in [0.717, 1.165) is 31.2 Å². The van der Waals surface area contributed by atoms with Crippen LogP contribution in [0.15, 0.2) is 18.2 Å². The Labute approximate surface area is 154 Å². The smallest absolute Gasteiger partial charge is 0.308 e. The number of nitrogens with one attached hydrogen (secondary N) is 1. The number of amides is 1. The summed E-state index contributed by atoms with van der Waals surface area (Å²) >= 11 is 0. The summed E-state index contributed by atoms with van der Waals surface area (Å²) in [6.07, 6.45) is 4.80. The lowest BCUT2D eigenvalue weighted by Crippen LogP contribution is -2.45. The van der Waals surface area contributed by atoms with Gasteiger partial charge in [-0.2, -0.15) is 0 Å². The van der Waals surface area contributed by atoms with Gasteiger partial charge in [0.15, 0.2) is 11.5 Å². The minimum absolute atomic E-state index is 0.0991. The van der Waals surface area contributed by atoms with E-state index in [-0.39, 0.29) is 17.9 Å². The minimum atomic E-state index is -0.815. The molecule has 0 spiro atoms. The number of carboxylic acid groups (broad SMARTS) is 1. The van der Waals surface area contributed by atoms with E-state index in [9.17, 15) is 14.7 Å². The molecule has 6 heteroatoms. The van der Waals surface area contributed by atoms with Crippen molar-refractivity contribution in [2.45, 2.75) is 51.5 Å². The SMILES string of the molecule is COc1ccc(CC(C)C(=O)N[C@H]2CCCCC[C@H]2C(=O)O)cc1OC. The number of carbonyl (C=O) groups excluding carboxylic acids is 1. The summed E-state index contributed by atoms with van der Waals surface area (Å²) in [6.45, 7) is 1.86. The first-order chi connectivity index (χ1) is 12.5. The number of aliphatic carboxylic acids is 1. The van der Waals surface area contributed by atoms with E-state index in [4.69, 9.17) is 9.47 Å². The number of ether oxygens (including phenoxy) is 2. The molecular formula is C20H29NO5. The molecule has 26 heavy (non-hydrogen) atoms. The third-order valence-corrected chi connectivity index (χ3v) is 5.10. The van der Waals surface area contributed by atoms with Crippen molar-refractivity contribution < 1.29 is 24.2 Å². The third kappa shape index (κ3) is 5.13.